The molecule has 0 saturated heterocycles. The van der Waals surface area contributed by atoms with Gasteiger partial charge >= 0.3 is 0 Å². The Morgan fingerprint density at radius 3 is 2.54 bits per heavy atom. The molecule has 0 fully saturated rings. The van der Waals surface area contributed by atoms with Crippen molar-refractivity contribution in [2.24, 2.45) is 0 Å². The van der Waals surface area contributed by atoms with Crippen LogP contribution in [0.25, 0.3) is 11.1 Å². The summed E-state index contributed by atoms with van der Waals surface area (Å²) in [5, 5.41) is 0. The highest BCUT2D eigenvalue weighted by molar-refractivity contribution is 6.01. The maximum Gasteiger partial charge on any atom is 0.254 e. The molecule has 5 heteroatoms. The van der Waals surface area contributed by atoms with E-state index < -0.39 is 0 Å². The molecule has 3 aromatic rings. The fourth-order valence-corrected chi connectivity index (χ4v) is 3.39. The van der Waals surface area contributed by atoms with Gasteiger partial charge in [0.2, 0.25) is 5.56 Å². The number of aromatic nitrogens is 1. The van der Waals surface area contributed by atoms with Gasteiger partial charge in [0.15, 0.2) is 0 Å². The summed E-state index contributed by atoms with van der Waals surface area (Å²) < 4.78 is 14.2. The molecule has 0 atom stereocenters. The second-order valence-electron chi connectivity index (χ2n) is 6.35. The van der Waals surface area contributed by atoms with Gasteiger partial charge in [-0.25, -0.2) is 4.39 Å². The van der Waals surface area contributed by atoms with Gasteiger partial charge in [-0.15, -0.1) is 0 Å². The molecule has 2 heterocycles. The molecule has 0 unspecified atom stereocenters. The molecular formula is C21H17FN2O2. The summed E-state index contributed by atoms with van der Waals surface area (Å²) in [6, 6.07) is 15.1. The summed E-state index contributed by atoms with van der Waals surface area (Å²) in [4.78, 5) is 29.0. The van der Waals surface area contributed by atoms with Crippen molar-refractivity contribution in [1.29, 1.82) is 0 Å². The van der Waals surface area contributed by atoms with Gasteiger partial charge in [0.05, 0.1) is 0 Å². The monoisotopic (exact) mass is 348 g/mol. The van der Waals surface area contributed by atoms with E-state index in [1.165, 1.54) is 6.07 Å². The Hall–Kier alpha value is -3.21. The van der Waals surface area contributed by atoms with Gasteiger partial charge in [-0.1, -0.05) is 36.4 Å². The third kappa shape index (κ3) is 2.92. The number of nitrogens with one attached hydrogen (secondary N) is 1. The van der Waals surface area contributed by atoms with Crippen molar-refractivity contribution in [2.45, 2.75) is 13.0 Å². The molecular weight excluding hydrogens is 331 g/mol. The highest BCUT2D eigenvalue weighted by atomic mass is 19.1. The van der Waals surface area contributed by atoms with E-state index in [1.807, 2.05) is 0 Å². The van der Waals surface area contributed by atoms with Crippen LogP contribution in [0.4, 0.5) is 4.39 Å². The second kappa shape index (κ2) is 6.59. The van der Waals surface area contributed by atoms with Crippen molar-refractivity contribution in [3.63, 3.8) is 0 Å². The van der Waals surface area contributed by atoms with Crippen molar-refractivity contribution in [1.82, 2.24) is 9.88 Å². The van der Waals surface area contributed by atoms with Crippen molar-refractivity contribution < 1.29 is 9.18 Å². The molecule has 0 spiro atoms. The average molecular weight is 348 g/mol. The summed E-state index contributed by atoms with van der Waals surface area (Å²) in [6.45, 7) is 0.956. The first kappa shape index (κ1) is 16.3. The topological polar surface area (TPSA) is 53.2 Å². The number of hydrogen-bond acceptors (Lipinski definition) is 2. The van der Waals surface area contributed by atoms with E-state index in [0.717, 1.165) is 11.1 Å². The molecule has 1 aliphatic rings. The van der Waals surface area contributed by atoms with Crippen LogP contribution in [0.3, 0.4) is 0 Å². The van der Waals surface area contributed by atoms with Crippen LogP contribution in [0, 0.1) is 5.82 Å². The summed E-state index contributed by atoms with van der Waals surface area (Å²) >= 11 is 0. The molecule has 130 valence electrons. The molecule has 1 aliphatic heterocycles. The van der Waals surface area contributed by atoms with Crippen LogP contribution in [-0.2, 0) is 13.0 Å². The predicted molar refractivity (Wildman–Crippen MR) is 97.3 cm³/mol. The zero-order valence-electron chi connectivity index (χ0n) is 14.0. The number of fused-ring (bicyclic) bond motifs is 1. The number of amides is 1. The summed E-state index contributed by atoms with van der Waals surface area (Å²) in [7, 11) is 0. The number of halogens is 1. The van der Waals surface area contributed by atoms with Crippen molar-refractivity contribution in [3.05, 3.63) is 93.7 Å². The molecule has 1 aromatic heterocycles. The van der Waals surface area contributed by atoms with Gasteiger partial charge in [-0.2, -0.15) is 0 Å². The first-order valence-corrected chi connectivity index (χ1v) is 8.47. The third-order valence-electron chi connectivity index (χ3n) is 4.73. The number of pyridine rings is 1. The predicted octanol–water partition coefficient (Wildman–Crippen LogP) is 3.38. The smallest absolute Gasteiger partial charge is 0.254 e. The Morgan fingerprint density at radius 1 is 1.00 bits per heavy atom. The largest absolute Gasteiger partial charge is 0.334 e. The first-order valence-electron chi connectivity index (χ1n) is 8.47. The lowest BCUT2D eigenvalue weighted by Gasteiger charge is -2.29. The van der Waals surface area contributed by atoms with E-state index in [2.05, 4.69) is 4.98 Å². The van der Waals surface area contributed by atoms with E-state index in [1.54, 1.807) is 59.6 Å². The van der Waals surface area contributed by atoms with Crippen LogP contribution >= 0.6 is 0 Å². The van der Waals surface area contributed by atoms with E-state index in [-0.39, 0.29) is 17.3 Å². The lowest BCUT2D eigenvalue weighted by Crippen LogP contribution is -2.36. The van der Waals surface area contributed by atoms with Crippen LogP contribution < -0.4 is 5.56 Å². The summed E-state index contributed by atoms with van der Waals surface area (Å²) in [5.41, 5.74) is 3.26. The minimum Gasteiger partial charge on any atom is -0.334 e. The lowest BCUT2D eigenvalue weighted by atomic mass is 9.96. The number of rotatable bonds is 2. The van der Waals surface area contributed by atoms with Gasteiger partial charge in [0.25, 0.3) is 5.91 Å². The van der Waals surface area contributed by atoms with Crippen LogP contribution in [0.2, 0.25) is 0 Å². The lowest BCUT2D eigenvalue weighted by molar-refractivity contribution is 0.0735. The molecule has 4 rings (SSSR count). The molecule has 0 radical (unpaired) electrons. The number of hydrogen-bond donors (Lipinski definition) is 1. The number of nitrogens with zero attached hydrogens (tertiary/aromatic N) is 1. The van der Waals surface area contributed by atoms with Crippen LogP contribution in [0.5, 0.6) is 0 Å². The third-order valence-corrected chi connectivity index (χ3v) is 4.73. The SMILES string of the molecule is O=C(c1ccccc1-c1ccccc1F)N1CCc2cc(=O)[nH]cc2C1. The van der Waals surface area contributed by atoms with Crippen molar-refractivity contribution >= 4 is 5.91 Å². The van der Waals surface area contributed by atoms with Crippen molar-refractivity contribution in [2.75, 3.05) is 6.54 Å². The fourth-order valence-electron chi connectivity index (χ4n) is 3.39. The molecule has 1 amide bonds. The maximum atomic E-state index is 14.2. The molecule has 0 saturated carbocycles. The second-order valence-corrected chi connectivity index (χ2v) is 6.35. The number of aromatic amines is 1. The van der Waals surface area contributed by atoms with E-state index >= 15 is 0 Å². The Morgan fingerprint density at radius 2 is 1.73 bits per heavy atom. The molecule has 26 heavy (non-hydrogen) atoms. The minimum absolute atomic E-state index is 0.131. The highest BCUT2D eigenvalue weighted by Crippen LogP contribution is 2.28. The van der Waals surface area contributed by atoms with Crippen LogP contribution in [0.1, 0.15) is 21.5 Å². The van der Waals surface area contributed by atoms with Gasteiger partial charge in [-0.05, 0) is 35.2 Å². The zero-order chi connectivity index (χ0) is 18.1. The Kier molecular flexibility index (Phi) is 4.13. The molecule has 1 N–H and O–H groups in total. The Balaban J connectivity index is 1.69. The summed E-state index contributed by atoms with van der Waals surface area (Å²) in [5.74, 6) is -0.491. The zero-order valence-corrected chi connectivity index (χ0v) is 14.0. The van der Waals surface area contributed by atoms with E-state index in [0.29, 0.717) is 36.2 Å². The van der Waals surface area contributed by atoms with Gasteiger partial charge < -0.3 is 9.88 Å². The number of carbonyl (C=O) groups is 1. The Labute approximate surface area is 149 Å². The van der Waals surface area contributed by atoms with Crippen LogP contribution in [0.15, 0.2) is 65.6 Å². The first-order chi connectivity index (χ1) is 12.6. The standard InChI is InChI=1S/C21H17FN2O2/c22-19-8-4-3-6-17(19)16-5-1-2-7-18(16)21(26)24-10-9-14-11-20(25)23-12-15(14)13-24/h1-8,11-12H,9-10,13H2,(H,23,25). The molecule has 0 bridgehead atoms. The summed E-state index contributed by atoms with van der Waals surface area (Å²) in [6.07, 6.45) is 2.30. The number of carbonyl (C=O) groups excluding carboxylic acids is 1. The molecule has 0 aliphatic carbocycles. The van der Waals surface area contributed by atoms with E-state index in [4.69, 9.17) is 0 Å². The maximum absolute atomic E-state index is 14.2. The van der Waals surface area contributed by atoms with Gasteiger partial charge in [0.1, 0.15) is 5.82 Å². The van der Waals surface area contributed by atoms with Crippen LogP contribution in [-0.4, -0.2) is 22.3 Å². The average Bonchev–Trinajstić information content (AvgIpc) is 2.67. The molecule has 4 nitrogen and oxygen atoms in total. The number of benzene rings is 2. The van der Waals surface area contributed by atoms with Gasteiger partial charge in [-0.3, -0.25) is 9.59 Å². The van der Waals surface area contributed by atoms with Crippen molar-refractivity contribution in [3.8, 4) is 11.1 Å². The fraction of sp³-hybridized carbons (Fsp3) is 0.143. The quantitative estimate of drug-likeness (QED) is 0.772. The van der Waals surface area contributed by atoms with E-state index in [9.17, 15) is 14.0 Å². The highest BCUT2D eigenvalue weighted by Gasteiger charge is 2.24. The normalized spacial score (nSPS) is 13.3. The minimum atomic E-state index is -0.352. The molecule has 2 aromatic carbocycles. The van der Waals surface area contributed by atoms with Gasteiger partial charge in [0, 0.05) is 36.5 Å². The Bertz CT molecular complexity index is 1040. The number of H-pyrrole nitrogens is 1.